The fourth-order valence-corrected chi connectivity index (χ4v) is 5.96. The molecule has 4 aromatic rings. The van der Waals surface area contributed by atoms with E-state index >= 15 is 0 Å². The zero-order chi connectivity index (χ0) is 52.2. The van der Waals surface area contributed by atoms with Gasteiger partial charge in [0.2, 0.25) is 0 Å². The predicted molar refractivity (Wildman–Crippen MR) is 255 cm³/mol. The maximum Gasteiger partial charge on any atom is 0.398 e. The molecule has 69 heavy (non-hydrogen) atoms. The van der Waals surface area contributed by atoms with E-state index in [1.165, 1.54) is 40.3 Å². The summed E-state index contributed by atoms with van der Waals surface area (Å²) in [7, 11) is 0. The van der Waals surface area contributed by atoms with Crippen LogP contribution in [0.5, 0.6) is 0 Å². The molecule has 1 amide bonds. The molecule has 0 radical (unpaired) electrons. The van der Waals surface area contributed by atoms with Gasteiger partial charge < -0.3 is 29.2 Å². The Labute approximate surface area is 414 Å². The van der Waals surface area contributed by atoms with Crippen LogP contribution >= 0.6 is 34.8 Å². The number of hydrogen-bond donors (Lipinski definition) is 4. The van der Waals surface area contributed by atoms with Crippen LogP contribution in [0.3, 0.4) is 0 Å². The molecule has 0 saturated carbocycles. The second-order valence-electron chi connectivity index (χ2n) is 16.7. The molecule has 0 fully saturated rings. The molecular formula is C48H57Cl3F2N4O12. The van der Waals surface area contributed by atoms with Gasteiger partial charge in [0.05, 0.1) is 26.3 Å². The number of halogens is 5. The van der Waals surface area contributed by atoms with Gasteiger partial charge >= 0.3 is 35.0 Å². The van der Waals surface area contributed by atoms with Crippen LogP contribution in [0.2, 0.25) is 10.0 Å². The summed E-state index contributed by atoms with van der Waals surface area (Å²) < 4.78 is 47.2. The monoisotopic (exact) mass is 1020 g/mol. The summed E-state index contributed by atoms with van der Waals surface area (Å²) in [4.78, 5) is 68.2. The SMILES string of the molecule is CC(C)(C)OC(=O)C(=O)Cl.CCOC(=O)[C@H](O)CN(Cc1ccc(-c2cc(Cl)ccc2F)cc1)NC(=O)C(=O)OC(C)(C)C.CCOC(=O)[C@H](O)CN(N)Cc1ccc(-c2cc(Cl)ccc2F)cc1. The first-order valence-electron chi connectivity index (χ1n) is 21.1. The molecule has 0 unspecified atom stereocenters. The van der Waals surface area contributed by atoms with Crippen molar-refractivity contribution in [3.63, 3.8) is 0 Å². The summed E-state index contributed by atoms with van der Waals surface area (Å²) in [5.41, 5.74) is 4.34. The molecule has 16 nitrogen and oxygen atoms in total. The van der Waals surface area contributed by atoms with Gasteiger partial charge in [0.15, 0.2) is 12.2 Å². The summed E-state index contributed by atoms with van der Waals surface area (Å²) in [5.74, 6) is 0.280. The number of benzene rings is 4. The van der Waals surface area contributed by atoms with Crippen molar-refractivity contribution in [1.82, 2.24) is 15.4 Å². The van der Waals surface area contributed by atoms with Gasteiger partial charge in [-0.05, 0) is 126 Å². The van der Waals surface area contributed by atoms with Crippen LogP contribution in [0.4, 0.5) is 8.78 Å². The van der Waals surface area contributed by atoms with Gasteiger partial charge in [0, 0.05) is 34.3 Å². The number of esters is 4. The van der Waals surface area contributed by atoms with Crippen LogP contribution in [0.15, 0.2) is 84.9 Å². The van der Waals surface area contributed by atoms with Gasteiger partial charge in [-0.3, -0.25) is 20.9 Å². The Balaban J connectivity index is 0.000000407. The summed E-state index contributed by atoms with van der Waals surface area (Å²) in [6.45, 7) is 13.3. The summed E-state index contributed by atoms with van der Waals surface area (Å²) in [6, 6.07) is 22.4. The quantitative estimate of drug-likeness (QED) is 0.0220. The molecule has 0 aromatic heterocycles. The largest absolute Gasteiger partial charge is 0.464 e. The number of amides is 1. The molecule has 0 aliphatic rings. The van der Waals surface area contributed by atoms with Gasteiger partial charge in [0.25, 0.3) is 0 Å². The number of ether oxygens (including phenoxy) is 4. The van der Waals surface area contributed by atoms with Crippen LogP contribution in [0, 0.1) is 11.6 Å². The van der Waals surface area contributed by atoms with Crippen molar-refractivity contribution < 1.29 is 66.7 Å². The minimum absolute atomic E-state index is 0.0172. The van der Waals surface area contributed by atoms with E-state index < -0.39 is 64.3 Å². The maximum absolute atomic E-state index is 14.2. The topological polar surface area (TPSA) is 224 Å². The molecular weight excluding hydrogens is 969 g/mol. The van der Waals surface area contributed by atoms with Crippen molar-refractivity contribution in [1.29, 1.82) is 0 Å². The van der Waals surface area contributed by atoms with E-state index in [0.29, 0.717) is 44.4 Å². The standard InChI is InChI=1S/C24H28ClFN2O6.C18H20ClFN2O3.C6H9ClO3/c1-5-33-22(31)20(29)14-28(27-21(30)23(32)34-24(2,3)4)13-15-6-8-16(9-7-15)18-12-17(25)10-11-19(18)26;1-2-25-18(24)17(23)11-22(21)10-12-3-5-13(6-4-12)15-9-14(19)7-8-16(15)20;1-6(2,3)10-5(9)4(7)8/h6-12,20,29H,5,13-14H2,1-4H3,(H,27,30);3-9,17,23H,2,10-11,21H2,1H3;1-3H3/t20-;17-;/m11./s1. The Bertz CT molecular complexity index is 2360. The third-order valence-electron chi connectivity index (χ3n) is 8.47. The van der Waals surface area contributed by atoms with Crippen molar-refractivity contribution in [3.8, 4) is 22.3 Å². The van der Waals surface area contributed by atoms with E-state index in [2.05, 4.69) is 10.2 Å². The van der Waals surface area contributed by atoms with Crippen LogP contribution < -0.4 is 11.3 Å². The highest BCUT2D eigenvalue weighted by atomic mass is 35.5. The molecule has 0 heterocycles. The molecule has 0 aliphatic heterocycles. The Hall–Kier alpha value is -5.57. The molecule has 0 aliphatic carbocycles. The van der Waals surface area contributed by atoms with Crippen molar-refractivity contribution in [2.75, 3.05) is 26.3 Å². The minimum atomic E-state index is -1.57. The Morgan fingerprint density at radius 3 is 1.41 bits per heavy atom. The number of aliphatic hydroxyl groups is 2. The number of carbonyl (C=O) groups excluding carboxylic acids is 6. The van der Waals surface area contributed by atoms with Gasteiger partial charge in [-0.25, -0.2) is 38.0 Å². The lowest BCUT2D eigenvalue weighted by Crippen LogP contribution is -2.50. The minimum Gasteiger partial charge on any atom is -0.464 e. The first-order chi connectivity index (χ1) is 32.1. The highest BCUT2D eigenvalue weighted by molar-refractivity contribution is 6.80. The second kappa shape index (κ2) is 28.2. The Kier molecular flexibility index (Phi) is 24.3. The highest BCUT2D eigenvalue weighted by Crippen LogP contribution is 2.28. The van der Waals surface area contributed by atoms with Crippen LogP contribution in [0.1, 0.15) is 66.5 Å². The fraction of sp³-hybridized carbons (Fsp3) is 0.375. The van der Waals surface area contributed by atoms with Crippen molar-refractivity contribution in [2.45, 2.75) is 91.9 Å². The van der Waals surface area contributed by atoms with Gasteiger partial charge in [-0.15, -0.1) is 0 Å². The first kappa shape index (κ1) is 59.6. The second-order valence-corrected chi connectivity index (χ2v) is 17.9. The van der Waals surface area contributed by atoms with Gasteiger partial charge in [0.1, 0.15) is 22.8 Å². The lowest BCUT2D eigenvalue weighted by molar-refractivity contribution is -0.166. The van der Waals surface area contributed by atoms with E-state index in [1.54, 1.807) is 110 Å². The molecule has 21 heteroatoms. The average molecular weight is 1030 g/mol. The number of nitrogens with two attached hydrogens (primary N) is 1. The lowest BCUT2D eigenvalue weighted by Gasteiger charge is -2.26. The van der Waals surface area contributed by atoms with Gasteiger partial charge in [-0.1, -0.05) is 71.7 Å². The summed E-state index contributed by atoms with van der Waals surface area (Å²) in [6.07, 6.45) is -2.87. The summed E-state index contributed by atoms with van der Waals surface area (Å²) in [5, 5.41) is 22.1. The molecule has 4 rings (SSSR count). The van der Waals surface area contributed by atoms with Crippen LogP contribution in [-0.4, -0.2) is 105 Å². The number of hydrogen-bond acceptors (Lipinski definition) is 15. The smallest absolute Gasteiger partial charge is 0.398 e. The Morgan fingerprint density at radius 1 is 0.638 bits per heavy atom. The molecule has 0 bridgehead atoms. The molecule has 0 spiro atoms. The zero-order valence-electron chi connectivity index (χ0n) is 39.3. The van der Waals surface area contributed by atoms with Crippen molar-refractivity contribution in [2.24, 2.45) is 5.84 Å². The first-order valence-corrected chi connectivity index (χ1v) is 22.3. The van der Waals surface area contributed by atoms with Crippen molar-refractivity contribution >= 4 is 69.8 Å². The molecule has 376 valence electrons. The average Bonchev–Trinajstić information content (AvgIpc) is 3.25. The predicted octanol–water partition coefficient (Wildman–Crippen LogP) is 7.08. The van der Waals surface area contributed by atoms with Crippen molar-refractivity contribution in [3.05, 3.63) is 118 Å². The Morgan fingerprint density at radius 2 is 1.03 bits per heavy atom. The van der Waals surface area contributed by atoms with E-state index in [4.69, 9.17) is 54.9 Å². The number of carbonyl (C=O) groups is 6. The number of nitrogens with one attached hydrogen (secondary N) is 1. The van der Waals surface area contributed by atoms with E-state index in [-0.39, 0.29) is 38.7 Å². The van der Waals surface area contributed by atoms with Crippen LogP contribution in [-0.2, 0) is 60.8 Å². The number of nitrogens with zero attached hydrogens (tertiary/aromatic N) is 2. The van der Waals surface area contributed by atoms with Crippen LogP contribution in [0.25, 0.3) is 22.3 Å². The normalized spacial score (nSPS) is 12.0. The molecule has 0 saturated heterocycles. The van der Waals surface area contributed by atoms with E-state index in [1.807, 2.05) is 0 Å². The number of rotatable bonds is 16. The lowest BCUT2D eigenvalue weighted by atomic mass is 10.0. The maximum atomic E-state index is 14.2. The molecule has 5 N–H and O–H groups in total. The summed E-state index contributed by atoms with van der Waals surface area (Å²) >= 11 is 16.7. The molecule has 4 aromatic carbocycles. The van der Waals surface area contributed by atoms with E-state index in [0.717, 1.165) is 5.56 Å². The highest BCUT2D eigenvalue weighted by Gasteiger charge is 2.28. The third-order valence-corrected chi connectivity index (χ3v) is 9.09. The number of hydrazine groups is 2. The fourth-order valence-electron chi connectivity index (χ4n) is 5.57. The molecule has 2 atom stereocenters. The third kappa shape index (κ3) is 22.6. The zero-order valence-corrected chi connectivity index (χ0v) is 41.6. The number of aliphatic hydroxyl groups excluding tert-OH is 2. The van der Waals surface area contributed by atoms with Gasteiger partial charge in [-0.2, -0.15) is 0 Å². The van der Waals surface area contributed by atoms with E-state index in [9.17, 15) is 47.8 Å².